The molecule has 0 aromatic rings. The Morgan fingerprint density at radius 2 is 1.85 bits per heavy atom. The van der Waals surface area contributed by atoms with Crippen LogP contribution in [0.3, 0.4) is 0 Å². The fraction of sp³-hybridized carbons (Fsp3) is 1.00. The van der Waals surface area contributed by atoms with Crippen molar-refractivity contribution in [1.82, 2.24) is 4.90 Å². The van der Waals surface area contributed by atoms with E-state index in [0.29, 0.717) is 11.6 Å². The van der Waals surface area contributed by atoms with Gasteiger partial charge >= 0.3 is 0 Å². The largest absolute Gasteiger partial charge is 0.375 e. The van der Waals surface area contributed by atoms with Gasteiger partial charge < -0.3 is 4.74 Å². The van der Waals surface area contributed by atoms with Gasteiger partial charge in [-0.25, -0.2) is 0 Å². The summed E-state index contributed by atoms with van der Waals surface area (Å²) >= 11 is 0. The van der Waals surface area contributed by atoms with Gasteiger partial charge in [0.2, 0.25) is 0 Å². The van der Waals surface area contributed by atoms with Crippen LogP contribution < -0.4 is 0 Å². The van der Waals surface area contributed by atoms with E-state index in [1.54, 1.807) is 0 Å². The number of ether oxygens (including phenoxy) is 1. The van der Waals surface area contributed by atoms with Crippen molar-refractivity contribution in [3.05, 3.63) is 0 Å². The fourth-order valence-corrected chi connectivity index (χ4v) is 1.65. The lowest BCUT2D eigenvalue weighted by Gasteiger charge is -2.47. The molecule has 1 saturated carbocycles. The topological polar surface area (TPSA) is 12.5 Å². The van der Waals surface area contributed by atoms with Gasteiger partial charge in [0.05, 0.1) is 6.10 Å². The summed E-state index contributed by atoms with van der Waals surface area (Å²) in [6, 6.07) is 0. The highest BCUT2D eigenvalue weighted by Gasteiger charge is 2.35. The molecule has 0 aromatic heterocycles. The zero-order chi connectivity index (χ0) is 9.47. The van der Waals surface area contributed by atoms with Crippen LogP contribution in [0.1, 0.15) is 33.6 Å². The molecule has 1 heterocycles. The van der Waals surface area contributed by atoms with Crippen molar-refractivity contribution in [1.29, 1.82) is 0 Å². The number of hydrogen-bond acceptors (Lipinski definition) is 2. The van der Waals surface area contributed by atoms with Crippen molar-refractivity contribution in [2.24, 2.45) is 5.92 Å². The normalized spacial score (nSPS) is 26.1. The van der Waals surface area contributed by atoms with Gasteiger partial charge in [0, 0.05) is 25.2 Å². The molecule has 2 fully saturated rings. The Bertz CT molecular complexity index is 175. The molecule has 2 aliphatic rings. The van der Waals surface area contributed by atoms with Crippen molar-refractivity contribution in [3.8, 4) is 0 Å². The summed E-state index contributed by atoms with van der Waals surface area (Å²) in [6.45, 7) is 10.1. The van der Waals surface area contributed by atoms with Crippen LogP contribution in [-0.4, -0.2) is 36.2 Å². The predicted octanol–water partition coefficient (Wildman–Crippen LogP) is 1.90. The van der Waals surface area contributed by atoms with E-state index in [0.717, 1.165) is 25.6 Å². The van der Waals surface area contributed by atoms with E-state index in [1.165, 1.54) is 12.8 Å². The molecule has 0 atom stereocenters. The van der Waals surface area contributed by atoms with Crippen molar-refractivity contribution >= 4 is 0 Å². The molecular weight excluding hydrogens is 162 g/mol. The van der Waals surface area contributed by atoms with Crippen LogP contribution in [0.4, 0.5) is 0 Å². The number of rotatable bonds is 3. The van der Waals surface area contributed by atoms with Gasteiger partial charge in [-0.15, -0.1) is 0 Å². The lowest BCUT2D eigenvalue weighted by atomic mass is 9.99. The van der Waals surface area contributed by atoms with E-state index in [2.05, 4.69) is 25.7 Å². The molecule has 0 unspecified atom stereocenters. The van der Waals surface area contributed by atoms with Crippen molar-refractivity contribution in [2.45, 2.75) is 45.3 Å². The Hall–Kier alpha value is -0.0800. The van der Waals surface area contributed by atoms with E-state index in [1.807, 2.05) is 0 Å². The first-order chi connectivity index (χ1) is 6.05. The maximum absolute atomic E-state index is 5.79. The van der Waals surface area contributed by atoms with Crippen LogP contribution >= 0.6 is 0 Å². The van der Waals surface area contributed by atoms with E-state index in [-0.39, 0.29) is 0 Å². The minimum Gasteiger partial charge on any atom is -0.375 e. The minimum absolute atomic E-state index is 0.333. The molecule has 2 nitrogen and oxygen atoms in total. The van der Waals surface area contributed by atoms with E-state index < -0.39 is 0 Å². The van der Waals surface area contributed by atoms with Crippen LogP contribution in [0.2, 0.25) is 0 Å². The number of nitrogens with zero attached hydrogens (tertiary/aromatic N) is 1. The minimum atomic E-state index is 0.333. The van der Waals surface area contributed by atoms with Gasteiger partial charge in [-0.3, -0.25) is 4.90 Å². The molecule has 0 amide bonds. The van der Waals surface area contributed by atoms with Crippen LogP contribution in [-0.2, 0) is 4.74 Å². The first kappa shape index (κ1) is 9.47. The van der Waals surface area contributed by atoms with Gasteiger partial charge in [-0.05, 0) is 39.5 Å². The molecule has 0 N–H and O–H groups in total. The van der Waals surface area contributed by atoms with Crippen molar-refractivity contribution < 1.29 is 4.74 Å². The quantitative estimate of drug-likeness (QED) is 0.662. The second-order valence-corrected chi connectivity index (χ2v) is 5.47. The maximum atomic E-state index is 5.79. The third kappa shape index (κ3) is 2.44. The zero-order valence-corrected chi connectivity index (χ0v) is 9.05. The molecule has 0 aromatic carbocycles. The first-order valence-electron chi connectivity index (χ1n) is 5.42. The van der Waals surface area contributed by atoms with Gasteiger partial charge in [0.15, 0.2) is 0 Å². The Labute approximate surface area is 81.3 Å². The molecule has 0 spiro atoms. The Morgan fingerprint density at radius 1 is 1.23 bits per heavy atom. The molecule has 2 rings (SSSR count). The molecule has 0 bridgehead atoms. The van der Waals surface area contributed by atoms with Gasteiger partial charge in [0.1, 0.15) is 0 Å². The van der Waals surface area contributed by atoms with Crippen molar-refractivity contribution in [3.63, 3.8) is 0 Å². The molecule has 2 heteroatoms. The monoisotopic (exact) mass is 183 g/mol. The molecule has 76 valence electrons. The molecule has 13 heavy (non-hydrogen) atoms. The summed E-state index contributed by atoms with van der Waals surface area (Å²) in [7, 11) is 0. The van der Waals surface area contributed by atoms with Crippen molar-refractivity contribution in [2.75, 3.05) is 19.7 Å². The van der Waals surface area contributed by atoms with E-state index in [4.69, 9.17) is 4.74 Å². The summed E-state index contributed by atoms with van der Waals surface area (Å²) < 4.78 is 5.79. The SMILES string of the molecule is CC(C)(C)N1CC(OCC2CC2)C1. The smallest absolute Gasteiger partial charge is 0.0829 e. The lowest BCUT2D eigenvalue weighted by molar-refractivity contribution is -0.0911. The Balaban J connectivity index is 1.60. The van der Waals surface area contributed by atoms with Crippen LogP contribution in [0.25, 0.3) is 0 Å². The second-order valence-electron chi connectivity index (χ2n) is 5.47. The fourth-order valence-electron chi connectivity index (χ4n) is 1.65. The van der Waals surface area contributed by atoms with Crippen LogP contribution in [0, 0.1) is 5.92 Å². The average Bonchev–Trinajstić information content (AvgIpc) is 2.63. The maximum Gasteiger partial charge on any atom is 0.0829 e. The summed E-state index contributed by atoms with van der Waals surface area (Å²) in [5.74, 6) is 0.906. The van der Waals surface area contributed by atoms with Gasteiger partial charge in [-0.2, -0.15) is 0 Å². The second kappa shape index (κ2) is 3.25. The van der Waals surface area contributed by atoms with E-state index >= 15 is 0 Å². The summed E-state index contributed by atoms with van der Waals surface area (Å²) in [5.41, 5.74) is 0.333. The standard InChI is InChI=1S/C11H21NO/c1-11(2,3)12-6-10(7-12)13-8-9-4-5-9/h9-10H,4-8H2,1-3H3. The average molecular weight is 183 g/mol. The first-order valence-corrected chi connectivity index (χ1v) is 5.42. The molecule has 0 radical (unpaired) electrons. The predicted molar refractivity (Wildman–Crippen MR) is 53.8 cm³/mol. The lowest BCUT2D eigenvalue weighted by Crippen LogP contribution is -2.59. The van der Waals surface area contributed by atoms with Crippen LogP contribution in [0.15, 0.2) is 0 Å². The molecular formula is C11H21NO. The molecule has 1 aliphatic carbocycles. The van der Waals surface area contributed by atoms with Gasteiger partial charge in [0.25, 0.3) is 0 Å². The summed E-state index contributed by atoms with van der Waals surface area (Å²) in [5, 5.41) is 0. The van der Waals surface area contributed by atoms with E-state index in [9.17, 15) is 0 Å². The number of hydrogen-bond donors (Lipinski definition) is 0. The summed E-state index contributed by atoms with van der Waals surface area (Å²) in [6.07, 6.45) is 3.32. The molecule has 1 aliphatic heterocycles. The highest BCUT2D eigenvalue weighted by Crippen LogP contribution is 2.30. The zero-order valence-electron chi connectivity index (χ0n) is 9.05. The highest BCUT2D eigenvalue weighted by molar-refractivity contribution is 4.89. The molecule has 1 saturated heterocycles. The van der Waals surface area contributed by atoms with Gasteiger partial charge in [-0.1, -0.05) is 0 Å². The Kier molecular flexibility index (Phi) is 2.37. The summed E-state index contributed by atoms with van der Waals surface area (Å²) in [4.78, 5) is 2.48. The Morgan fingerprint density at radius 3 is 2.31 bits per heavy atom. The highest BCUT2D eigenvalue weighted by atomic mass is 16.5. The number of likely N-dealkylation sites (tertiary alicyclic amines) is 1. The third-order valence-electron chi connectivity index (χ3n) is 3.06. The third-order valence-corrected chi connectivity index (χ3v) is 3.06. The van der Waals surface area contributed by atoms with Crippen LogP contribution in [0.5, 0.6) is 0 Å².